The Morgan fingerprint density at radius 3 is 2.88 bits per heavy atom. The van der Waals surface area contributed by atoms with Crippen LogP contribution in [0.2, 0.25) is 5.02 Å². The maximum Gasteiger partial charge on any atom is 0.255 e. The standard InChI is InChI=1S/C13H16ClNO/c1-10-5-4-8-15(9-10)13(16)11-6-2-3-7-12(11)14/h2-3,6-7,10H,4-5,8-9H2,1H3/t10-/m0/s1. The predicted molar refractivity (Wildman–Crippen MR) is 65.8 cm³/mol. The third-order valence-electron chi connectivity index (χ3n) is 3.05. The van der Waals surface area contributed by atoms with Crippen molar-refractivity contribution in [2.45, 2.75) is 19.8 Å². The SMILES string of the molecule is C[C@H]1CCCN(C(=O)c2ccccc2Cl)C1. The Morgan fingerprint density at radius 2 is 2.19 bits per heavy atom. The number of carbonyl (C=O) groups is 1. The summed E-state index contributed by atoms with van der Waals surface area (Å²) in [5, 5.41) is 0.547. The maximum absolute atomic E-state index is 12.2. The molecule has 1 aromatic rings. The van der Waals surface area contributed by atoms with Crippen molar-refractivity contribution >= 4 is 17.5 Å². The smallest absolute Gasteiger partial charge is 0.255 e. The molecule has 0 spiro atoms. The van der Waals surface area contributed by atoms with E-state index in [1.165, 1.54) is 6.42 Å². The van der Waals surface area contributed by atoms with Gasteiger partial charge in [0.15, 0.2) is 0 Å². The average Bonchev–Trinajstić information content (AvgIpc) is 2.29. The van der Waals surface area contributed by atoms with E-state index in [1.807, 2.05) is 17.0 Å². The van der Waals surface area contributed by atoms with Crippen LogP contribution in [-0.2, 0) is 0 Å². The van der Waals surface area contributed by atoms with E-state index in [0.717, 1.165) is 19.5 Å². The zero-order valence-corrected chi connectivity index (χ0v) is 10.2. The highest BCUT2D eigenvalue weighted by atomic mass is 35.5. The molecule has 1 aliphatic rings. The second-order valence-electron chi connectivity index (χ2n) is 4.48. The second kappa shape index (κ2) is 4.88. The van der Waals surface area contributed by atoms with Crippen LogP contribution in [0, 0.1) is 5.92 Å². The average molecular weight is 238 g/mol. The molecule has 0 radical (unpaired) electrons. The van der Waals surface area contributed by atoms with Crippen molar-refractivity contribution in [3.8, 4) is 0 Å². The van der Waals surface area contributed by atoms with E-state index in [2.05, 4.69) is 6.92 Å². The van der Waals surface area contributed by atoms with Crippen LogP contribution in [0.15, 0.2) is 24.3 Å². The third-order valence-corrected chi connectivity index (χ3v) is 3.38. The molecule has 0 N–H and O–H groups in total. The molecule has 0 aromatic heterocycles. The number of rotatable bonds is 1. The molecule has 2 rings (SSSR count). The van der Waals surface area contributed by atoms with Crippen LogP contribution in [0.3, 0.4) is 0 Å². The molecule has 16 heavy (non-hydrogen) atoms. The molecular formula is C13H16ClNO. The van der Waals surface area contributed by atoms with Crippen molar-refractivity contribution in [1.29, 1.82) is 0 Å². The van der Waals surface area contributed by atoms with Gasteiger partial charge in [-0.2, -0.15) is 0 Å². The lowest BCUT2D eigenvalue weighted by atomic mass is 9.99. The number of piperidine rings is 1. The minimum Gasteiger partial charge on any atom is -0.338 e. The number of halogens is 1. The van der Waals surface area contributed by atoms with Gasteiger partial charge in [-0.05, 0) is 30.9 Å². The van der Waals surface area contributed by atoms with Crippen molar-refractivity contribution in [3.63, 3.8) is 0 Å². The zero-order chi connectivity index (χ0) is 11.5. The normalized spacial score (nSPS) is 20.9. The molecule has 86 valence electrons. The summed E-state index contributed by atoms with van der Waals surface area (Å²) in [6.45, 7) is 3.89. The number of hydrogen-bond acceptors (Lipinski definition) is 1. The number of hydrogen-bond donors (Lipinski definition) is 0. The highest BCUT2D eigenvalue weighted by Gasteiger charge is 2.23. The van der Waals surface area contributed by atoms with Gasteiger partial charge < -0.3 is 4.90 Å². The summed E-state index contributed by atoms with van der Waals surface area (Å²) in [4.78, 5) is 14.1. The van der Waals surface area contributed by atoms with Gasteiger partial charge in [0.1, 0.15) is 0 Å². The first-order valence-corrected chi connectivity index (χ1v) is 6.10. The highest BCUT2D eigenvalue weighted by Crippen LogP contribution is 2.21. The molecule has 0 saturated carbocycles. The second-order valence-corrected chi connectivity index (χ2v) is 4.89. The van der Waals surface area contributed by atoms with E-state index < -0.39 is 0 Å². The highest BCUT2D eigenvalue weighted by molar-refractivity contribution is 6.33. The van der Waals surface area contributed by atoms with Crippen molar-refractivity contribution in [1.82, 2.24) is 4.90 Å². The fraction of sp³-hybridized carbons (Fsp3) is 0.462. The Labute approximate surface area is 101 Å². The molecule has 1 saturated heterocycles. The quantitative estimate of drug-likeness (QED) is 0.735. The topological polar surface area (TPSA) is 20.3 Å². The predicted octanol–water partition coefficient (Wildman–Crippen LogP) is 3.21. The number of amides is 1. The molecule has 1 aromatic carbocycles. The molecule has 2 nitrogen and oxygen atoms in total. The van der Waals surface area contributed by atoms with Crippen LogP contribution >= 0.6 is 11.6 Å². The van der Waals surface area contributed by atoms with E-state index in [1.54, 1.807) is 12.1 Å². The Kier molecular flexibility index (Phi) is 3.49. The summed E-state index contributed by atoms with van der Waals surface area (Å²) in [5.41, 5.74) is 0.623. The van der Waals surface area contributed by atoms with Crippen molar-refractivity contribution in [3.05, 3.63) is 34.9 Å². The molecule has 3 heteroatoms. The number of nitrogens with zero attached hydrogens (tertiary/aromatic N) is 1. The number of carbonyl (C=O) groups excluding carboxylic acids is 1. The van der Waals surface area contributed by atoms with E-state index in [0.29, 0.717) is 16.5 Å². The van der Waals surface area contributed by atoms with Gasteiger partial charge in [0.25, 0.3) is 5.91 Å². The van der Waals surface area contributed by atoms with E-state index in [9.17, 15) is 4.79 Å². The Balaban J connectivity index is 2.16. The Morgan fingerprint density at radius 1 is 1.44 bits per heavy atom. The monoisotopic (exact) mass is 237 g/mol. The summed E-state index contributed by atoms with van der Waals surface area (Å²) >= 11 is 6.03. The van der Waals surface area contributed by atoms with Gasteiger partial charge in [-0.1, -0.05) is 30.7 Å². The molecule has 0 unspecified atom stereocenters. The Bertz CT molecular complexity index is 391. The van der Waals surface area contributed by atoms with Crippen LogP contribution in [0.5, 0.6) is 0 Å². The van der Waals surface area contributed by atoms with Crippen LogP contribution in [0.4, 0.5) is 0 Å². The number of likely N-dealkylation sites (tertiary alicyclic amines) is 1. The van der Waals surface area contributed by atoms with Gasteiger partial charge in [0.05, 0.1) is 10.6 Å². The van der Waals surface area contributed by atoms with Gasteiger partial charge in [0.2, 0.25) is 0 Å². The molecule has 1 aliphatic heterocycles. The first-order chi connectivity index (χ1) is 7.68. The lowest BCUT2D eigenvalue weighted by molar-refractivity contribution is 0.0683. The molecule has 1 amide bonds. The third kappa shape index (κ3) is 2.38. The molecule has 1 fully saturated rings. The van der Waals surface area contributed by atoms with Crippen LogP contribution < -0.4 is 0 Å². The first-order valence-electron chi connectivity index (χ1n) is 5.72. The minimum absolute atomic E-state index is 0.0668. The van der Waals surface area contributed by atoms with Gasteiger partial charge in [-0.15, -0.1) is 0 Å². The van der Waals surface area contributed by atoms with E-state index in [-0.39, 0.29) is 5.91 Å². The van der Waals surface area contributed by atoms with Gasteiger partial charge >= 0.3 is 0 Å². The Hall–Kier alpha value is -1.02. The van der Waals surface area contributed by atoms with Gasteiger partial charge in [0, 0.05) is 13.1 Å². The number of benzene rings is 1. The molecule has 1 heterocycles. The van der Waals surface area contributed by atoms with Gasteiger partial charge in [-0.3, -0.25) is 4.79 Å². The fourth-order valence-corrected chi connectivity index (χ4v) is 2.40. The molecular weight excluding hydrogens is 222 g/mol. The maximum atomic E-state index is 12.2. The summed E-state index contributed by atoms with van der Waals surface area (Å²) in [7, 11) is 0. The molecule has 1 atom stereocenters. The fourth-order valence-electron chi connectivity index (χ4n) is 2.18. The van der Waals surface area contributed by atoms with Crippen molar-refractivity contribution in [2.75, 3.05) is 13.1 Å². The molecule has 0 bridgehead atoms. The van der Waals surface area contributed by atoms with E-state index >= 15 is 0 Å². The lowest BCUT2D eigenvalue weighted by Crippen LogP contribution is -2.39. The van der Waals surface area contributed by atoms with Crippen molar-refractivity contribution in [2.24, 2.45) is 5.92 Å². The molecule has 0 aliphatic carbocycles. The summed E-state index contributed by atoms with van der Waals surface area (Å²) in [6.07, 6.45) is 2.31. The summed E-state index contributed by atoms with van der Waals surface area (Å²) < 4.78 is 0. The summed E-state index contributed by atoms with van der Waals surface area (Å²) in [5.74, 6) is 0.664. The minimum atomic E-state index is 0.0668. The van der Waals surface area contributed by atoms with Gasteiger partial charge in [-0.25, -0.2) is 0 Å². The van der Waals surface area contributed by atoms with Crippen LogP contribution in [-0.4, -0.2) is 23.9 Å². The zero-order valence-electron chi connectivity index (χ0n) is 9.45. The van der Waals surface area contributed by atoms with Crippen LogP contribution in [0.25, 0.3) is 0 Å². The lowest BCUT2D eigenvalue weighted by Gasteiger charge is -2.31. The van der Waals surface area contributed by atoms with Crippen molar-refractivity contribution < 1.29 is 4.79 Å². The summed E-state index contributed by atoms with van der Waals surface area (Å²) in [6, 6.07) is 7.26. The largest absolute Gasteiger partial charge is 0.338 e. The van der Waals surface area contributed by atoms with E-state index in [4.69, 9.17) is 11.6 Å². The first kappa shape index (κ1) is 11.5. The van der Waals surface area contributed by atoms with Crippen LogP contribution in [0.1, 0.15) is 30.1 Å².